The maximum atomic E-state index is 13.9. The first-order valence-corrected chi connectivity index (χ1v) is 7.85. The van der Waals surface area contributed by atoms with Crippen molar-refractivity contribution in [2.24, 2.45) is 0 Å². The Labute approximate surface area is 138 Å². The topological polar surface area (TPSA) is 88.5 Å². The number of carbonyl (C=O) groups is 1. The van der Waals surface area contributed by atoms with Crippen LogP contribution in [0.2, 0.25) is 0 Å². The number of hydrogen-bond acceptors (Lipinski definition) is 4. The molecule has 0 saturated carbocycles. The third-order valence-corrected chi connectivity index (χ3v) is 4.11. The predicted octanol–water partition coefficient (Wildman–Crippen LogP) is 1.87. The fourth-order valence-electron chi connectivity index (χ4n) is 2.79. The van der Waals surface area contributed by atoms with Crippen LogP contribution in [0.1, 0.15) is 30.2 Å². The van der Waals surface area contributed by atoms with Crippen molar-refractivity contribution in [1.82, 2.24) is 30.5 Å². The lowest BCUT2D eigenvalue weighted by Gasteiger charge is -2.07. The molecule has 0 saturated heterocycles. The average molecular weight is 330 g/mol. The number of aromatic amines is 1. The van der Waals surface area contributed by atoms with Crippen molar-refractivity contribution in [2.45, 2.75) is 39.8 Å². The van der Waals surface area contributed by atoms with Crippen molar-refractivity contribution in [2.75, 3.05) is 0 Å². The van der Waals surface area contributed by atoms with E-state index in [-0.39, 0.29) is 24.7 Å². The van der Waals surface area contributed by atoms with E-state index in [2.05, 4.69) is 32.7 Å². The second-order valence-electron chi connectivity index (χ2n) is 5.67. The number of rotatable bonds is 6. The number of H-pyrrole nitrogens is 1. The number of tetrazole rings is 1. The van der Waals surface area contributed by atoms with Crippen molar-refractivity contribution < 1.29 is 9.18 Å². The Kier molecular flexibility index (Phi) is 4.54. The van der Waals surface area contributed by atoms with Crippen LogP contribution in [0.4, 0.5) is 4.39 Å². The number of hydrogen-bond donors (Lipinski definition) is 2. The highest BCUT2D eigenvalue weighted by Crippen LogP contribution is 2.26. The lowest BCUT2D eigenvalue weighted by Crippen LogP contribution is -2.24. The standard InChI is InChI=1S/C16H19FN6O/c1-3-14-10(2)13-7-12(17)6-11(16(13)20-14)8-18-15(24)4-5-23-9-19-21-22-23/h6-7,9,20H,3-5,8H2,1-2H3,(H,18,24). The van der Waals surface area contributed by atoms with Crippen LogP contribution < -0.4 is 5.32 Å². The highest BCUT2D eigenvalue weighted by Gasteiger charge is 2.12. The lowest BCUT2D eigenvalue weighted by atomic mass is 10.1. The van der Waals surface area contributed by atoms with Crippen molar-refractivity contribution >= 4 is 16.8 Å². The summed E-state index contributed by atoms with van der Waals surface area (Å²) in [7, 11) is 0. The van der Waals surface area contributed by atoms with Crippen molar-refractivity contribution in [3.63, 3.8) is 0 Å². The monoisotopic (exact) mass is 330 g/mol. The van der Waals surface area contributed by atoms with E-state index in [1.165, 1.54) is 23.1 Å². The van der Waals surface area contributed by atoms with Crippen molar-refractivity contribution in [1.29, 1.82) is 0 Å². The van der Waals surface area contributed by atoms with Gasteiger partial charge in [0.05, 0.1) is 12.1 Å². The molecule has 1 aromatic carbocycles. The summed E-state index contributed by atoms with van der Waals surface area (Å²) in [5.41, 5.74) is 3.76. The number of aromatic nitrogens is 5. The minimum absolute atomic E-state index is 0.137. The Bertz CT molecular complexity index is 855. The van der Waals surface area contributed by atoms with Gasteiger partial charge in [-0.05, 0) is 47.0 Å². The van der Waals surface area contributed by atoms with Gasteiger partial charge in [-0.1, -0.05) is 6.92 Å². The second kappa shape index (κ2) is 6.77. The SMILES string of the molecule is CCc1[nH]c2c(CNC(=O)CCn3cnnn3)cc(F)cc2c1C. The molecule has 0 radical (unpaired) electrons. The Balaban J connectivity index is 1.71. The van der Waals surface area contributed by atoms with E-state index in [9.17, 15) is 9.18 Å². The molecular weight excluding hydrogens is 311 g/mol. The number of aryl methyl sites for hydroxylation is 3. The van der Waals surface area contributed by atoms with Gasteiger partial charge in [0.2, 0.25) is 5.91 Å². The minimum atomic E-state index is -0.301. The van der Waals surface area contributed by atoms with Crippen LogP contribution in [0, 0.1) is 12.7 Å². The highest BCUT2D eigenvalue weighted by atomic mass is 19.1. The van der Waals surface area contributed by atoms with E-state index in [4.69, 9.17) is 0 Å². The number of nitrogens with one attached hydrogen (secondary N) is 2. The molecule has 2 heterocycles. The fourth-order valence-corrected chi connectivity index (χ4v) is 2.79. The van der Waals surface area contributed by atoms with Crippen LogP contribution >= 0.6 is 0 Å². The van der Waals surface area contributed by atoms with Gasteiger partial charge in [0, 0.05) is 24.0 Å². The molecular formula is C16H19FN6O. The first-order chi connectivity index (χ1) is 11.6. The minimum Gasteiger partial charge on any atom is -0.358 e. The smallest absolute Gasteiger partial charge is 0.222 e. The molecule has 3 rings (SSSR count). The summed E-state index contributed by atoms with van der Waals surface area (Å²) < 4.78 is 15.4. The molecule has 0 atom stereocenters. The average Bonchev–Trinajstić information content (AvgIpc) is 3.19. The molecule has 24 heavy (non-hydrogen) atoms. The zero-order valence-corrected chi connectivity index (χ0v) is 13.6. The molecule has 3 aromatic rings. The van der Waals surface area contributed by atoms with Gasteiger partial charge in [-0.2, -0.15) is 0 Å². The number of fused-ring (bicyclic) bond motifs is 1. The van der Waals surface area contributed by atoms with Gasteiger partial charge < -0.3 is 10.3 Å². The summed E-state index contributed by atoms with van der Waals surface area (Å²) in [6, 6.07) is 2.99. The number of nitrogens with zero attached hydrogens (tertiary/aromatic N) is 4. The van der Waals surface area contributed by atoms with Gasteiger partial charge in [0.15, 0.2) is 0 Å². The quantitative estimate of drug-likeness (QED) is 0.722. The summed E-state index contributed by atoms with van der Waals surface area (Å²) in [4.78, 5) is 15.3. The molecule has 0 unspecified atom stereocenters. The summed E-state index contributed by atoms with van der Waals surface area (Å²) in [6.45, 7) is 4.70. The van der Waals surface area contributed by atoms with Gasteiger partial charge in [-0.3, -0.25) is 4.79 Å². The fraction of sp³-hybridized carbons (Fsp3) is 0.375. The summed E-state index contributed by atoms with van der Waals surface area (Å²) in [5.74, 6) is -0.438. The first kappa shape index (κ1) is 16.1. The predicted molar refractivity (Wildman–Crippen MR) is 86.7 cm³/mol. The molecule has 126 valence electrons. The number of amides is 1. The lowest BCUT2D eigenvalue weighted by molar-refractivity contribution is -0.121. The molecule has 2 N–H and O–H groups in total. The maximum absolute atomic E-state index is 13.9. The summed E-state index contributed by atoms with van der Waals surface area (Å²) >= 11 is 0. The van der Waals surface area contributed by atoms with Crippen molar-refractivity contribution in [3.05, 3.63) is 41.1 Å². The molecule has 0 aliphatic carbocycles. The third kappa shape index (κ3) is 3.27. The van der Waals surface area contributed by atoms with Crippen LogP contribution in [0.5, 0.6) is 0 Å². The summed E-state index contributed by atoms with van der Waals surface area (Å²) in [5, 5.41) is 14.4. The molecule has 2 aromatic heterocycles. The van der Waals surface area contributed by atoms with Gasteiger partial charge in [-0.15, -0.1) is 5.10 Å². The van der Waals surface area contributed by atoms with Gasteiger partial charge in [-0.25, -0.2) is 9.07 Å². The molecule has 0 aliphatic heterocycles. The van der Waals surface area contributed by atoms with E-state index >= 15 is 0 Å². The number of benzene rings is 1. The zero-order chi connectivity index (χ0) is 17.1. The van der Waals surface area contributed by atoms with Crippen molar-refractivity contribution in [3.8, 4) is 0 Å². The Morgan fingerprint density at radius 1 is 1.42 bits per heavy atom. The molecule has 0 bridgehead atoms. The van der Waals surface area contributed by atoms with Crippen LogP contribution in [-0.4, -0.2) is 31.1 Å². The van der Waals surface area contributed by atoms with E-state index < -0.39 is 0 Å². The van der Waals surface area contributed by atoms with E-state index in [0.29, 0.717) is 6.54 Å². The second-order valence-corrected chi connectivity index (χ2v) is 5.67. The van der Waals surface area contributed by atoms with Crippen LogP contribution in [0.15, 0.2) is 18.5 Å². The van der Waals surface area contributed by atoms with E-state index in [1.807, 2.05) is 6.92 Å². The van der Waals surface area contributed by atoms with E-state index in [0.717, 1.165) is 34.1 Å². The van der Waals surface area contributed by atoms with E-state index in [1.54, 1.807) is 0 Å². The zero-order valence-electron chi connectivity index (χ0n) is 13.6. The number of carbonyl (C=O) groups excluding carboxylic acids is 1. The molecule has 1 amide bonds. The van der Waals surface area contributed by atoms with Gasteiger partial charge in [0.1, 0.15) is 12.1 Å². The largest absolute Gasteiger partial charge is 0.358 e. The third-order valence-electron chi connectivity index (χ3n) is 4.11. The molecule has 8 heteroatoms. The molecule has 0 fully saturated rings. The van der Waals surface area contributed by atoms with Crippen LogP contribution in [0.3, 0.4) is 0 Å². The van der Waals surface area contributed by atoms with Crippen LogP contribution in [0.25, 0.3) is 10.9 Å². The molecule has 0 aliphatic rings. The number of halogens is 1. The Hall–Kier alpha value is -2.77. The summed E-state index contributed by atoms with van der Waals surface area (Å²) in [6.07, 6.45) is 2.56. The van der Waals surface area contributed by atoms with Gasteiger partial charge in [0.25, 0.3) is 0 Å². The normalized spacial score (nSPS) is 11.1. The molecule has 0 spiro atoms. The highest BCUT2D eigenvalue weighted by molar-refractivity contribution is 5.87. The Morgan fingerprint density at radius 3 is 2.96 bits per heavy atom. The molecule has 7 nitrogen and oxygen atoms in total. The van der Waals surface area contributed by atoms with Crippen LogP contribution in [-0.2, 0) is 24.3 Å². The maximum Gasteiger partial charge on any atom is 0.222 e. The van der Waals surface area contributed by atoms with Gasteiger partial charge >= 0.3 is 0 Å². The Morgan fingerprint density at radius 2 is 2.25 bits per heavy atom. The first-order valence-electron chi connectivity index (χ1n) is 7.85.